The molecular formula is C16H25F2NO. The average molecular weight is 285 g/mol. The molecule has 114 valence electrons. The summed E-state index contributed by atoms with van der Waals surface area (Å²) in [7, 11) is 0. The van der Waals surface area contributed by atoms with Crippen molar-refractivity contribution < 1.29 is 13.6 Å². The van der Waals surface area contributed by atoms with E-state index in [1.165, 1.54) is 0 Å². The molecule has 0 aliphatic rings. The van der Waals surface area contributed by atoms with Gasteiger partial charge in [0.15, 0.2) is 0 Å². The van der Waals surface area contributed by atoms with Gasteiger partial charge in [0.05, 0.1) is 0 Å². The van der Waals surface area contributed by atoms with E-state index in [-0.39, 0.29) is 30.6 Å². The molecule has 1 N–H and O–H groups in total. The second-order valence-corrected chi connectivity index (χ2v) is 5.04. The number of alkyl halides is 2. The fourth-order valence-electron chi connectivity index (χ4n) is 2.18. The van der Waals surface area contributed by atoms with Crippen molar-refractivity contribution in [3.63, 3.8) is 0 Å². The molecule has 0 spiro atoms. The van der Waals surface area contributed by atoms with Crippen LogP contribution in [0.15, 0.2) is 38.0 Å². The van der Waals surface area contributed by atoms with Crippen LogP contribution in [0.4, 0.5) is 8.78 Å². The van der Waals surface area contributed by atoms with Crippen LogP contribution in [0.3, 0.4) is 0 Å². The van der Waals surface area contributed by atoms with Crippen molar-refractivity contribution in [1.82, 2.24) is 5.32 Å². The molecule has 0 aliphatic heterocycles. The molecule has 4 heteroatoms. The third-order valence-corrected chi connectivity index (χ3v) is 3.22. The molecule has 0 rings (SSSR count). The Morgan fingerprint density at radius 3 is 2.00 bits per heavy atom. The van der Waals surface area contributed by atoms with Crippen LogP contribution in [0, 0.1) is 5.41 Å². The second kappa shape index (κ2) is 10.4. The van der Waals surface area contributed by atoms with E-state index in [2.05, 4.69) is 25.1 Å². The number of carbonyl (C=O) groups excluding carboxylic acids is 1. The lowest BCUT2D eigenvalue weighted by Crippen LogP contribution is -2.37. The topological polar surface area (TPSA) is 29.1 Å². The van der Waals surface area contributed by atoms with Crippen LogP contribution in [-0.4, -0.2) is 18.9 Å². The SMILES string of the molecule is C=CCC(CC=C)(CC=C)CNC(=O)CCCC(F)F. The molecule has 0 aromatic carbocycles. The Bertz CT molecular complexity index is 300. The zero-order valence-electron chi connectivity index (χ0n) is 12.0. The molecule has 0 heterocycles. The van der Waals surface area contributed by atoms with Gasteiger partial charge in [-0.3, -0.25) is 4.79 Å². The minimum atomic E-state index is -2.34. The van der Waals surface area contributed by atoms with E-state index in [0.717, 1.165) is 19.3 Å². The molecule has 0 bridgehead atoms. The van der Waals surface area contributed by atoms with E-state index in [4.69, 9.17) is 0 Å². The summed E-state index contributed by atoms with van der Waals surface area (Å²) in [4.78, 5) is 11.7. The Morgan fingerprint density at radius 2 is 1.60 bits per heavy atom. The van der Waals surface area contributed by atoms with Gasteiger partial charge in [-0.1, -0.05) is 18.2 Å². The van der Waals surface area contributed by atoms with Gasteiger partial charge in [0.1, 0.15) is 0 Å². The number of carbonyl (C=O) groups is 1. The first kappa shape index (κ1) is 18.6. The zero-order chi connectivity index (χ0) is 15.4. The number of hydrogen-bond acceptors (Lipinski definition) is 1. The molecule has 1 amide bonds. The van der Waals surface area contributed by atoms with Gasteiger partial charge in [0, 0.05) is 19.4 Å². The van der Waals surface area contributed by atoms with E-state index in [9.17, 15) is 13.6 Å². The monoisotopic (exact) mass is 285 g/mol. The molecule has 0 radical (unpaired) electrons. The van der Waals surface area contributed by atoms with Gasteiger partial charge >= 0.3 is 0 Å². The molecule has 0 fully saturated rings. The molecule has 20 heavy (non-hydrogen) atoms. The lowest BCUT2D eigenvalue weighted by molar-refractivity contribution is -0.121. The van der Waals surface area contributed by atoms with E-state index < -0.39 is 6.43 Å². The van der Waals surface area contributed by atoms with Gasteiger partial charge in [-0.15, -0.1) is 19.7 Å². The van der Waals surface area contributed by atoms with Crippen LogP contribution in [-0.2, 0) is 4.79 Å². The number of nitrogens with one attached hydrogen (secondary N) is 1. The van der Waals surface area contributed by atoms with Crippen LogP contribution in [0.1, 0.15) is 38.5 Å². The molecule has 2 nitrogen and oxygen atoms in total. The highest BCUT2D eigenvalue weighted by molar-refractivity contribution is 5.75. The van der Waals surface area contributed by atoms with Crippen LogP contribution in [0.2, 0.25) is 0 Å². The first-order valence-electron chi connectivity index (χ1n) is 6.87. The van der Waals surface area contributed by atoms with Gasteiger partial charge in [-0.2, -0.15) is 0 Å². The normalized spacial score (nSPS) is 11.2. The second-order valence-electron chi connectivity index (χ2n) is 5.04. The van der Waals surface area contributed by atoms with Crippen molar-refractivity contribution in [3.05, 3.63) is 38.0 Å². The number of halogens is 2. The highest BCUT2D eigenvalue weighted by atomic mass is 19.3. The molecule has 0 unspecified atom stereocenters. The lowest BCUT2D eigenvalue weighted by atomic mass is 9.78. The van der Waals surface area contributed by atoms with Crippen LogP contribution >= 0.6 is 0 Å². The minimum Gasteiger partial charge on any atom is -0.356 e. The highest BCUT2D eigenvalue weighted by Gasteiger charge is 2.26. The maximum Gasteiger partial charge on any atom is 0.238 e. The number of amides is 1. The van der Waals surface area contributed by atoms with Gasteiger partial charge in [-0.05, 0) is 31.1 Å². The summed E-state index contributed by atoms with van der Waals surface area (Å²) >= 11 is 0. The summed E-state index contributed by atoms with van der Waals surface area (Å²) in [5, 5.41) is 2.82. The average Bonchev–Trinajstić information content (AvgIpc) is 2.37. The largest absolute Gasteiger partial charge is 0.356 e. The predicted octanol–water partition coefficient (Wildman–Crippen LogP) is 4.25. The van der Waals surface area contributed by atoms with E-state index >= 15 is 0 Å². The summed E-state index contributed by atoms with van der Waals surface area (Å²) in [6.07, 6.45) is 5.43. The summed E-state index contributed by atoms with van der Waals surface area (Å²) in [5.74, 6) is -0.188. The molecule has 0 aromatic heterocycles. The quantitative estimate of drug-likeness (QED) is 0.534. The minimum absolute atomic E-state index is 0.136. The Hall–Kier alpha value is -1.45. The smallest absolute Gasteiger partial charge is 0.238 e. The molecule has 0 saturated heterocycles. The first-order valence-corrected chi connectivity index (χ1v) is 6.87. The standard InChI is InChI=1S/C16H25F2NO/c1-4-10-16(11-5-2,12-6-3)13-19-15(20)9-7-8-14(17)18/h4-6,14H,1-3,7-13H2,(H,19,20). The van der Waals surface area contributed by atoms with Crippen LogP contribution < -0.4 is 5.32 Å². The number of allylic oxidation sites excluding steroid dienone is 3. The van der Waals surface area contributed by atoms with Crippen molar-refractivity contribution in [3.8, 4) is 0 Å². The fourth-order valence-corrected chi connectivity index (χ4v) is 2.18. The van der Waals surface area contributed by atoms with Gasteiger partial charge in [-0.25, -0.2) is 8.78 Å². The summed E-state index contributed by atoms with van der Waals surface area (Å²) in [5.41, 5.74) is -0.163. The van der Waals surface area contributed by atoms with Crippen molar-refractivity contribution in [2.45, 2.75) is 45.0 Å². The molecule has 0 saturated carbocycles. The third kappa shape index (κ3) is 7.87. The lowest BCUT2D eigenvalue weighted by Gasteiger charge is -2.31. The van der Waals surface area contributed by atoms with Crippen molar-refractivity contribution >= 4 is 5.91 Å². The van der Waals surface area contributed by atoms with Crippen LogP contribution in [0.5, 0.6) is 0 Å². The maximum atomic E-state index is 12.0. The summed E-state index contributed by atoms with van der Waals surface area (Å²) in [6, 6.07) is 0. The van der Waals surface area contributed by atoms with E-state index in [1.54, 1.807) is 0 Å². The maximum absolute atomic E-state index is 12.0. The molecule has 0 aromatic rings. The van der Waals surface area contributed by atoms with Gasteiger partial charge in [0.2, 0.25) is 12.3 Å². The zero-order valence-corrected chi connectivity index (χ0v) is 12.0. The summed E-state index contributed by atoms with van der Waals surface area (Å²) in [6.45, 7) is 11.7. The Balaban J connectivity index is 4.35. The highest BCUT2D eigenvalue weighted by Crippen LogP contribution is 2.31. The molecule has 0 aliphatic carbocycles. The third-order valence-electron chi connectivity index (χ3n) is 3.22. The Kier molecular flexibility index (Phi) is 9.60. The van der Waals surface area contributed by atoms with Crippen LogP contribution in [0.25, 0.3) is 0 Å². The van der Waals surface area contributed by atoms with Gasteiger partial charge < -0.3 is 5.32 Å². The van der Waals surface area contributed by atoms with E-state index in [1.807, 2.05) is 18.2 Å². The van der Waals surface area contributed by atoms with Crippen molar-refractivity contribution in [2.75, 3.05) is 6.54 Å². The number of rotatable bonds is 12. The van der Waals surface area contributed by atoms with Crippen molar-refractivity contribution in [2.24, 2.45) is 5.41 Å². The molecule has 0 atom stereocenters. The van der Waals surface area contributed by atoms with Crippen molar-refractivity contribution in [1.29, 1.82) is 0 Å². The molecular weight excluding hydrogens is 260 g/mol. The summed E-state index contributed by atoms with van der Waals surface area (Å²) < 4.78 is 24.0. The Morgan fingerprint density at radius 1 is 1.10 bits per heavy atom. The Labute approximate surface area is 120 Å². The predicted molar refractivity (Wildman–Crippen MR) is 79.7 cm³/mol. The number of hydrogen-bond donors (Lipinski definition) is 1. The fraction of sp³-hybridized carbons (Fsp3) is 0.562. The first-order chi connectivity index (χ1) is 9.49. The van der Waals surface area contributed by atoms with Gasteiger partial charge in [0.25, 0.3) is 0 Å². The van der Waals surface area contributed by atoms with E-state index in [0.29, 0.717) is 6.54 Å².